The number of hydrogen-bond donors (Lipinski definition) is 0. The minimum atomic E-state index is -2.23. The van der Waals surface area contributed by atoms with Crippen molar-refractivity contribution in [2.75, 3.05) is 0 Å². The van der Waals surface area contributed by atoms with Crippen LogP contribution in [0.5, 0.6) is 0 Å². The van der Waals surface area contributed by atoms with Gasteiger partial charge in [0.2, 0.25) is 0 Å². The van der Waals surface area contributed by atoms with Crippen LogP contribution in [-0.2, 0) is 11.5 Å². The predicted molar refractivity (Wildman–Crippen MR) is 129 cm³/mol. The molecule has 0 aliphatic heterocycles. The molecule has 0 amide bonds. The fourth-order valence-corrected chi connectivity index (χ4v) is 9.48. The normalized spacial score (nSPS) is 11.9. The van der Waals surface area contributed by atoms with E-state index in [4.69, 9.17) is 0 Å². The Morgan fingerprint density at radius 2 is 0.821 bits per heavy atom. The summed E-state index contributed by atoms with van der Waals surface area (Å²) in [4.78, 5) is 0. The Bertz CT molecular complexity index is 917. The van der Waals surface area contributed by atoms with Gasteiger partial charge in [0, 0.05) is 0 Å². The third-order valence-corrected chi connectivity index (χ3v) is 11.0. The Hall–Kier alpha value is -2.21. The zero-order chi connectivity index (χ0) is 19.2. The maximum absolute atomic E-state index is 3.70. The molecule has 0 aromatic heterocycles. The molecule has 0 fully saturated rings. The molecule has 0 heterocycles. The van der Waals surface area contributed by atoms with Gasteiger partial charge in [-0.25, -0.2) is 0 Å². The summed E-state index contributed by atoms with van der Waals surface area (Å²) in [5, 5.41) is 5.25. The van der Waals surface area contributed by atoms with Crippen LogP contribution in [0.2, 0.25) is 0 Å². The number of rotatable bonds is 6. The van der Waals surface area contributed by atoms with Gasteiger partial charge < -0.3 is 0 Å². The quantitative estimate of drug-likeness (QED) is 0.259. The molecular weight excluding hydrogens is 423 g/mol. The molecule has 4 aromatic rings. The summed E-state index contributed by atoms with van der Waals surface area (Å²) in [6, 6.07) is 42.2. The first-order valence-corrected chi connectivity index (χ1v) is 13.0. The number of alkyl halides is 1. The van der Waals surface area contributed by atoms with Gasteiger partial charge in [0.05, 0.1) is 0 Å². The summed E-state index contributed by atoms with van der Waals surface area (Å²) in [5.41, 5.74) is 2.81. The van der Waals surface area contributed by atoms with Crippen molar-refractivity contribution in [1.29, 1.82) is 0 Å². The molecular formula is C26H24BrP. The third-order valence-electron chi connectivity index (χ3n) is 5.52. The number of benzene rings is 4. The van der Waals surface area contributed by atoms with Crippen molar-refractivity contribution in [1.82, 2.24) is 0 Å². The first-order chi connectivity index (χ1) is 13.8. The van der Waals surface area contributed by atoms with E-state index in [1.807, 2.05) is 0 Å². The van der Waals surface area contributed by atoms with Gasteiger partial charge in [0.25, 0.3) is 0 Å². The van der Waals surface area contributed by atoms with E-state index in [9.17, 15) is 0 Å². The van der Waals surface area contributed by atoms with Gasteiger partial charge in [-0.15, -0.1) is 0 Å². The van der Waals surface area contributed by atoms with Crippen LogP contribution in [0.25, 0.3) is 0 Å². The Morgan fingerprint density at radius 3 is 1.21 bits per heavy atom. The summed E-state index contributed by atoms with van der Waals surface area (Å²) in [7, 11) is -2.23. The molecule has 0 N–H and O–H groups in total. The molecule has 28 heavy (non-hydrogen) atoms. The van der Waals surface area contributed by atoms with E-state index in [1.54, 1.807) is 0 Å². The van der Waals surface area contributed by atoms with Gasteiger partial charge in [-0.3, -0.25) is 0 Å². The van der Waals surface area contributed by atoms with E-state index in [1.165, 1.54) is 27.0 Å². The average molecular weight is 447 g/mol. The standard InChI is InChI=1S/C26H24BrP/c27-20-22-12-10-11-13-23(22)21-28(24-14-4-1-5-15-24,25-16-6-2-7-17-25)26-18-8-3-9-19-26/h1-19,28H,20-21H2. The van der Waals surface area contributed by atoms with Crippen molar-refractivity contribution < 1.29 is 0 Å². The second kappa shape index (κ2) is 8.86. The van der Waals surface area contributed by atoms with Crippen LogP contribution in [0, 0.1) is 0 Å². The van der Waals surface area contributed by atoms with Crippen LogP contribution in [-0.4, -0.2) is 0 Å². The summed E-state index contributed by atoms with van der Waals surface area (Å²) in [6.45, 7) is 0. The molecule has 0 aliphatic carbocycles. The van der Waals surface area contributed by atoms with Crippen molar-refractivity contribution in [3.05, 3.63) is 126 Å². The van der Waals surface area contributed by atoms with Crippen molar-refractivity contribution in [2.24, 2.45) is 0 Å². The molecule has 0 saturated heterocycles. The van der Waals surface area contributed by atoms with Crippen LogP contribution in [0.4, 0.5) is 0 Å². The maximum atomic E-state index is 3.70. The SMILES string of the molecule is BrCc1ccccc1C[PH](c1ccccc1)(c1ccccc1)c1ccccc1. The molecule has 0 atom stereocenters. The van der Waals surface area contributed by atoms with Gasteiger partial charge in [-0.2, -0.15) is 0 Å². The molecule has 0 saturated carbocycles. The number of hydrogen-bond acceptors (Lipinski definition) is 0. The average Bonchev–Trinajstić information content (AvgIpc) is 2.79. The van der Waals surface area contributed by atoms with Gasteiger partial charge >= 0.3 is 177 Å². The first kappa shape index (κ1) is 19.1. The topological polar surface area (TPSA) is 0 Å². The monoisotopic (exact) mass is 446 g/mol. The molecule has 0 spiro atoms. The van der Waals surface area contributed by atoms with Crippen LogP contribution in [0.3, 0.4) is 0 Å². The zero-order valence-corrected chi connectivity index (χ0v) is 18.3. The molecule has 2 heteroatoms. The molecule has 0 unspecified atom stereocenters. The molecule has 0 radical (unpaired) electrons. The van der Waals surface area contributed by atoms with Crippen molar-refractivity contribution in [3.8, 4) is 0 Å². The molecule has 0 nitrogen and oxygen atoms in total. The van der Waals surface area contributed by atoms with Crippen molar-refractivity contribution >= 4 is 39.1 Å². The summed E-state index contributed by atoms with van der Waals surface area (Å²) in [5.74, 6) is 0. The molecule has 4 aromatic carbocycles. The van der Waals surface area contributed by atoms with Gasteiger partial charge in [0.1, 0.15) is 0 Å². The Morgan fingerprint density at radius 1 is 0.464 bits per heavy atom. The summed E-state index contributed by atoms with van der Waals surface area (Å²) in [6.07, 6.45) is 1.05. The van der Waals surface area contributed by atoms with E-state index in [2.05, 4.69) is 131 Å². The Labute approximate surface area is 176 Å². The summed E-state index contributed by atoms with van der Waals surface area (Å²) >= 11 is 3.70. The van der Waals surface area contributed by atoms with Gasteiger partial charge in [-0.05, 0) is 0 Å². The van der Waals surface area contributed by atoms with E-state index < -0.39 is 7.26 Å². The fraction of sp³-hybridized carbons (Fsp3) is 0.0769. The van der Waals surface area contributed by atoms with E-state index in [-0.39, 0.29) is 0 Å². The number of halogens is 1. The summed E-state index contributed by atoms with van der Waals surface area (Å²) < 4.78 is 0. The molecule has 140 valence electrons. The van der Waals surface area contributed by atoms with Crippen molar-refractivity contribution in [2.45, 2.75) is 11.5 Å². The fourth-order valence-electron chi connectivity index (χ4n) is 4.12. The van der Waals surface area contributed by atoms with E-state index >= 15 is 0 Å². The predicted octanol–water partition coefficient (Wildman–Crippen LogP) is 5.81. The zero-order valence-electron chi connectivity index (χ0n) is 15.8. The third kappa shape index (κ3) is 3.70. The van der Waals surface area contributed by atoms with E-state index in [0.717, 1.165) is 11.5 Å². The second-order valence-corrected chi connectivity index (χ2v) is 11.5. The van der Waals surface area contributed by atoms with Crippen LogP contribution in [0.1, 0.15) is 11.1 Å². The van der Waals surface area contributed by atoms with Crippen LogP contribution >= 0.6 is 23.2 Å². The first-order valence-electron chi connectivity index (χ1n) is 9.64. The van der Waals surface area contributed by atoms with Crippen LogP contribution < -0.4 is 15.9 Å². The molecule has 4 rings (SSSR count). The Balaban J connectivity index is 2.01. The second-order valence-electron chi connectivity index (χ2n) is 7.08. The van der Waals surface area contributed by atoms with Gasteiger partial charge in [-0.1, -0.05) is 0 Å². The molecule has 0 bridgehead atoms. The van der Waals surface area contributed by atoms with Crippen molar-refractivity contribution in [3.63, 3.8) is 0 Å². The van der Waals surface area contributed by atoms with Crippen LogP contribution in [0.15, 0.2) is 115 Å². The van der Waals surface area contributed by atoms with E-state index in [0.29, 0.717) is 0 Å². The Kier molecular flexibility index (Phi) is 6.05. The van der Waals surface area contributed by atoms with Gasteiger partial charge in [0.15, 0.2) is 0 Å². The molecule has 0 aliphatic rings. The minimum absolute atomic E-state index is 0.881.